The van der Waals surface area contributed by atoms with Gasteiger partial charge in [0.2, 0.25) is 0 Å². The number of carbonyl (C=O) groups is 1. The molecular weight excluding hydrogens is 292 g/mol. The molecule has 0 fully saturated rings. The number of hydrogen-bond acceptors (Lipinski definition) is 3. The topological polar surface area (TPSA) is 63.3 Å². The predicted octanol–water partition coefficient (Wildman–Crippen LogP) is 3.83. The molecule has 0 radical (unpaired) electrons. The molecule has 0 unspecified atom stereocenters. The average Bonchev–Trinajstić information content (AvgIpc) is 3.00. The first-order valence-corrected chi connectivity index (χ1v) is 7.41. The molecule has 0 aliphatic carbocycles. The van der Waals surface area contributed by atoms with Gasteiger partial charge in [0, 0.05) is 23.2 Å². The van der Waals surface area contributed by atoms with Gasteiger partial charge in [-0.05, 0) is 31.2 Å². The van der Waals surface area contributed by atoms with E-state index in [2.05, 4.69) is 10.3 Å². The molecule has 23 heavy (non-hydrogen) atoms. The lowest BCUT2D eigenvalue weighted by Crippen LogP contribution is -2.12. The van der Waals surface area contributed by atoms with Gasteiger partial charge in [-0.25, -0.2) is 0 Å². The first-order valence-electron chi connectivity index (χ1n) is 7.41. The summed E-state index contributed by atoms with van der Waals surface area (Å²) in [5.41, 5.74) is 2.09. The fourth-order valence-electron chi connectivity index (χ4n) is 2.46. The molecule has 1 heterocycles. The van der Waals surface area contributed by atoms with Crippen molar-refractivity contribution in [3.63, 3.8) is 0 Å². The number of methoxy groups -OCH3 is 1. The van der Waals surface area contributed by atoms with Crippen LogP contribution in [0.3, 0.4) is 0 Å². The van der Waals surface area contributed by atoms with Crippen LogP contribution in [-0.2, 0) is 0 Å². The Morgan fingerprint density at radius 2 is 2.04 bits per heavy atom. The Morgan fingerprint density at radius 1 is 1.22 bits per heavy atom. The minimum Gasteiger partial charge on any atom is -0.497 e. The van der Waals surface area contributed by atoms with Crippen LogP contribution in [0.2, 0.25) is 0 Å². The Morgan fingerprint density at radius 3 is 2.83 bits per heavy atom. The number of anilines is 1. The molecular formula is C18H18N2O3. The summed E-state index contributed by atoms with van der Waals surface area (Å²) in [6.45, 7) is 2.45. The third-order valence-corrected chi connectivity index (χ3v) is 3.57. The van der Waals surface area contributed by atoms with Crippen molar-refractivity contribution in [1.82, 2.24) is 4.98 Å². The van der Waals surface area contributed by atoms with Gasteiger partial charge in [0.05, 0.1) is 25.0 Å². The maximum absolute atomic E-state index is 12.6. The van der Waals surface area contributed by atoms with Crippen molar-refractivity contribution >= 4 is 22.5 Å². The lowest BCUT2D eigenvalue weighted by molar-refractivity contribution is 0.102. The van der Waals surface area contributed by atoms with Crippen molar-refractivity contribution in [2.45, 2.75) is 6.92 Å². The molecule has 2 N–H and O–H groups in total. The first-order chi connectivity index (χ1) is 11.2. The van der Waals surface area contributed by atoms with Crippen LogP contribution >= 0.6 is 0 Å². The SMILES string of the molecule is CCOc1ccccc1NC(=O)c1c[nH]c2cc(OC)ccc12. The monoisotopic (exact) mass is 310 g/mol. The molecule has 0 aliphatic rings. The minimum atomic E-state index is -0.187. The van der Waals surface area contributed by atoms with Crippen LogP contribution in [0.15, 0.2) is 48.7 Å². The molecule has 0 spiro atoms. The van der Waals surface area contributed by atoms with Crippen LogP contribution in [0.25, 0.3) is 10.9 Å². The van der Waals surface area contributed by atoms with E-state index >= 15 is 0 Å². The zero-order valence-corrected chi connectivity index (χ0v) is 13.1. The largest absolute Gasteiger partial charge is 0.497 e. The fraction of sp³-hybridized carbons (Fsp3) is 0.167. The van der Waals surface area contributed by atoms with Gasteiger partial charge < -0.3 is 19.8 Å². The van der Waals surface area contributed by atoms with Gasteiger partial charge in [0.15, 0.2) is 0 Å². The third kappa shape index (κ3) is 2.99. The van der Waals surface area contributed by atoms with Crippen LogP contribution in [0, 0.1) is 0 Å². The van der Waals surface area contributed by atoms with E-state index in [1.807, 2.05) is 49.4 Å². The number of aromatic nitrogens is 1. The highest BCUT2D eigenvalue weighted by Gasteiger charge is 2.14. The molecule has 0 saturated heterocycles. The van der Waals surface area contributed by atoms with Crippen LogP contribution in [0.1, 0.15) is 17.3 Å². The van der Waals surface area contributed by atoms with Gasteiger partial charge in [-0.3, -0.25) is 4.79 Å². The van der Waals surface area contributed by atoms with E-state index < -0.39 is 0 Å². The average molecular weight is 310 g/mol. The summed E-state index contributed by atoms with van der Waals surface area (Å²) in [7, 11) is 1.61. The zero-order valence-electron chi connectivity index (χ0n) is 13.1. The highest BCUT2D eigenvalue weighted by atomic mass is 16.5. The Labute approximate surface area is 134 Å². The summed E-state index contributed by atoms with van der Waals surface area (Å²) < 4.78 is 10.7. The number of ether oxygens (including phenoxy) is 2. The van der Waals surface area contributed by atoms with Crippen LogP contribution < -0.4 is 14.8 Å². The summed E-state index contributed by atoms with van der Waals surface area (Å²) in [4.78, 5) is 15.7. The Bertz CT molecular complexity index is 839. The second kappa shape index (κ2) is 6.44. The maximum atomic E-state index is 12.6. The molecule has 5 heteroatoms. The Kier molecular flexibility index (Phi) is 4.19. The number of amides is 1. The molecule has 2 aromatic carbocycles. The second-order valence-corrected chi connectivity index (χ2v) is 5.00. The summed E-state index contributed by atoms with van der Waals surface area (Å²) >= 11 is 0. The standard InChI is InChI=1S/C18H18N2O3/c1-3-23-17-7-5-4-6-15(17)20-18(21)14-11-19-16-10-12(22-2)8-9-13(14)16/h4-11,19H,3H2,1-2H3,(H,20,21). The smallest absolute Gasteiger partial charge is 0.257 e. The lowest BCUT2D eigenvalue weighted by atomic mass is 10.1. The van der Waals surface area contributed by atoms with E-state index in [1.54, 1.807) is 13.3 Å². The van der Waals surface area contributed by atoms with Crippen molar-refractivity contribution in [2.24, 2.45) is 0 Å². The second-order valence-electron chi connectivity index (χ2n) is 5.00. The van der Waals surface area contributed by atoms with Gasteiger partial charge >= 0.3 is 0 Å². The zero-order chi connectivity index (χ0) is 16.2. The van der Waals surface area contributed by atoms with Crippen LogP contribution in [0.5, 0.6) is 11.5 Å². The van der Waals surface area contributed by atoms with Crippen LogP contribution in [0.4, 0.5) is 5.69 Å². The van der Waals surface area contributed by atoms with E-state index in [1.165, 1.54) is 0 Å². The molecule has 1 aromatic heterocycles. The van der Waals surface area contributed by atoms with Crippen molar-refractivity contribution in [3.05, 3.63) is 54.2 Å². The van der Waals surface area contributed by atoms with Crippen molar-refractivity contribution in [2.75, 3.05) is 19.0 Å². The van der Waals surface area contributed by atoms with Gasteiger partial charge in [0.25, 0.3) is 5.91 Å². The van der Waals surface area contributed by atoms with E-state index in [0.29, 0.717) is 23.6 Å². The number of nitrogens with one attached hydrogen (secondary N) is 2. The van der Waals surface area contributed by atoms with Gasteiger partial charge in [-0.2, -0.15) is 0 Å². The summed E-state index contributed by atoms with van der Waals surface area (Å²) in [6, 6.07) is 13.0. The number of fused-ring (bicyclic) bond motifs is 1. The molecule has 0 bridgehead atoms. The highest BCUT2D eigenvalue weighted by Crippen LogP contribution is 2.27. The number of rotatable bonds is 5. The fourth-order valence-corrected chi connectivity index (χ4v) is 2.46. The molecule has 5 nitrogen and oxygen atoms in total. The summed E-state index contributed by atoms with van der Waals surface area (Å²) in [6.07, 6.45) is 1.70. The predicted molar refractivity (Wildman–Crippen MR) is 90.4 cm³/mol. The molecule has 0 aliphatic heterocycles. The normalized spacial score (nSPS) is 10.5. The number of hydrogen-bond donors (Lipinski definition) is 2. The number of para-hydroxylation sites is 2. The third-order valence-electron chi connectivity index (χ3n) is 3.57. The van der Waals surface area contributed by atoms with E-state index in [4.69, 9.17) is 9.47 Å². The van der Waals surface area contributed by atoms with Crippen LogP contribution in [-0.4, -0.2) is 24.6 Å². The molecule has 1 amide bonds. The van der Waals surface area contributed by atoms with Gasteiger partial charge in [-0.15, -0.1) is 0 Å². The van der Waals surface area contributed by atoms with Crippen molar-refractivity contribution in [1.29, 1.82) is 0 Å². The highest BCUT2D eigenvalue weighted by molar-refractivity contribution is 6.13. The van der Waals surface area contributed by atoms with Gasteiger partial charge in [-0.1, -0.05) is 12.1 Å². The summed E-state index contributed by atoms with van der Waals surface area (Å²) in [5, 5.41) is 3.75. The molecule has 118 valence electrons. The van der Waals surface area contributed by atoms with Crippen molar-refractivity contribution in [3.8, 4) is 11.5 Å². The first kappa shape index (κ1) is 15.0. The number of aromatic amines is 1. The number of H-pyrrole nitrogens is 1. The van der Waals surface area contributed by atoms with E-state index in [9.17, 15) is 4.79 Å². The Hall–Kier alpha value is -2.95. The lowest BCUT2D eigenvalue weighted by Gasteiger charge is -2.10. The molecule has 3 rings (SSSR count). The minimum absolute atomic E-state index is 0.187. The van der Waals surface area contributed by atoms with Crippen molar-refractivity contribution < 1.29 is 14.3 Å². The van der Waals surface area contributed by atoms with E-state index in [0.717, 1.165) is 16.7 Å². The Balaban J connectivity index is 1.89. The van der Waals surface area contributed by atoms with E-state index in [-0.39, 0.29) is 5.91 Å². The summed E-state index contributed by atoms with van der Waals surface area (Å²) in [5.74, 6) is 1.21. The quantitative estimate of drug-likeness (QED) is 0.753. The molecule has 0 atom stereocenters. The number of benzene rings is 2. The van der Waals surface area contributed by atoms with Gasteiger partial charge in [0.1, 0.15) is 11.5 Å². The maximum Gasteiger partial charge on any atom is 0.257 e. The molecule has 0 saturated carbocycles. The number of carbonyl (C=O) groups excluding carboxylic acids is 1. The molecule has 3 aromatic rings.